The van der Waals surface area contributed by atoms with Crippen molar-refractivity contribution in [3.8, 4) is 0 Å². The van der Waals surface area contributed by atoms with Gasteiger partial charge in [0.25, 0.3) is 0 Å². The number of hydrogen-bond acceptors (Lipinski definition) is 3. The van der Waals surface area contributed by atoms with E-state index in [4.69, 9.17) is 0 Å². The van der Waals surface area contributed by atoms with Gasteiger partial charge in [0.2, 0.25) is 5.91 Å². The van der Waals surface area contributed by atoms with Crippen LogP contribution in [0.2, 0.25) is 0 Å². The van der Waals surface area contributed by atoms with E-state index >= 15 is 0 Å². The van der Waals surface area contributed by atoms with Crippen molar-refractivity contribution in [1.82, 2.24) is 15.5 Å². The predicted octanol–water partition coefficient (Wildman–Crippen LogP) is 1.10. The van der Waals surface area contributed by atoms with E-state index in [2.05, 4.69) is 0 Å². The molecule has 0 aromatic rings. The molecule has 1 unspecified atom stereocenters. The monoisotopic (exact) mass is 281 g/mol. The number of alkyl halides is 3. The van der Waals surface area contributed by atoms with Crippen molar-refractivity contribution in [1.29, 1.82) is 0 Å². The summed E-state index contributed by atoms with van der Waals surface area (Å²) in [6.07, 6.45) is -2.24. The molecule has 1 rings (SSSR count). The van der Waals surface area contributed by atoms with Crippen molar-refractivity contribution >= 4 is 11.9 Å². The molecule has 1 saturated carbocycles. The average molecular weight is 281 g/mol. The van der Waals surface area contributed by atoms with E-state index in [1.807, 2.05) is 12.2 Å². The van der Waals surface area contributed by atoms with Crippen molar-refractivity contribution in [2.24, 2.45) is 5.92 Å². The summed E-state index contributed by atoms with van der Waals surface area (Å²) in [5.74, 6) is -0.0495. The zero-order chi connectivity index (χ0) is 14.6. The molecule has 0 aromatic heterocycles. The second kappa shape index (κ2) is 6.23. The maximum atomic E-state index is 11.8. The quantitative estimate of drug-likeness (QED) is 0.793. The number of nitrogens with one attached hydrogen (secondary N) is 2. The molecule has 0 saturated heterocycles. The summed E-state index contributed by atoms with van der Waals surface area (Å²) in [6, 6.07) is -0.904. The lowest BCUT2D eigenvalue weighted by Crippen LogP contribution is -2.47. The molecule has 3 amide bonds. The predicted molar refractivity (Wildman–Crippen MR) is 62.4 cm³/mol. The van der Waals surface area contributed by atoms with E-state index in [0.717, 1.165) is 12.8 Å². The van der Waals surface area contributed by atoms with Crippen LogP contribution >= 0.6 is 0 Å². The number of amides is 3. The van der Waals surface area contributed by atoms with Crippen LogP contribution in [-0.2, 0) is 4.79 Å². The molecule has 0 aromatic carbocycles. The van der Waals surface area contributed by atoms with Crippen LogP contribution in [0.5, 0.6) is 0 Å². The van der Waals surface area contributed by atoms with Gasteiger partial charge in [0.05, 0.1) is 6.54 Å². The van der Waals surface area contributed by atoms with Crippen LogP contribution in [0.15, 0.2) is 0 Å². The molecule has 1 atom stereocenters. The van der Waals surface area contributed by atoms with E-state index < -0.39 is 24.7 Å². The standard InChI is InChI=1S/C11H18F3N3O2/c1-7(8-3-4-8)17(2)5-9(18)16-10(19)15-6-11(12,13)14/h7-8H,3-6H2,1-2H3,(H2,15,16,18,19). The zero-order valence-corrected chi connectivity index (χ0v) is 10.9. The van der Waals surface area contributed by atoms with Crippen LogP contribution in [0.4, 0.5) is 18.0 Å². The Labute approximate surface area is 109 Å². The Morgan fingerprint density at radius 2 is 1.95 bits per heavy atom. The molecule has 5 nitrogen and oxygen atoms in total. The van der Waals surface area contributed by atoms with Crippen molar-refractivity contribution in [3.05, 3.63) is 0 Å². The van der Waals surface area contributed by atoms with Gasteiger partial charge in [-0.25, -0.2) is 4.79 Å². The van der Waals surface area contributed by atoms with Crippen LogP contribution in [0.25, 0.3) is 0 Å². The third-order valence-electron chi connectivity index (χ3n) is 3.09. The molecule has 19 heavy (non-hydrogen) atoms. The number of carbonyl (C=O) groups is 2. The SMILES string of the molecule is CC(C1CC1)N(C)CC(=O)NC(=O)NCC(F)(F)F. The maximum Gasteiger partial charge on any atom is 0.405 e. The van der Waals surface area contributed by atoms with E-state index in [1.165, 1.54) is 0 Å². The van der Waals surface area contributed by atoms with Crippen LogP contribution in [0.1, 0.15) is 19.8 Å². The highest BCUT2D eigenvalue weighted by Gasteiger charge is 2.31. The summed E-state index contributed by atoms with van der Waals surface area (Å²) in [6.45, 7) is 0.506. The third-order valence-corrected chi connectivity index (χ3v) is 3.09. The smallest absolute Gasteiger partial charge is 0.329 e. The number of imide groups is 1. The first kappa shape index (κ1) is 15.7. The second-order valence-electron chi connectivity index (χ2n) is 4.84. The lowest BCUT2D eigenvalue weighted by molar-refractivity contribution is -0.125. The van der Waals surface area contributed by atoms with Gasteiger partial charge in [0, 0.05) is 6.04 Å². The van der Waals surface area contributed by atoms with Crippen LogP contribution in [0.3, 0.4) is 0 Å². The number of urea groups is 1. The molecule has 1 fully saturated rings. The number of halogens is 3. The summed E-state index contributed by atoms with van der Waals surface area (Å²) in [4.78, 5) is 24.3. The van der Waals surface area contributed by atoms with Crippen molar-refractivity contribution in [3.63, 3.8) is 0 Å². The Morgan fingerprint density at radius 1 is 1.37 bits per heavy atom. The van der Waals surface area contributed by atoms with Gasteiger partial charge in [-0.1, -0.05) is 0 Å². The van der Waals surface area contributed by atoms with Crippen molar-refractivity contribution < 1.29 is 22.8 Å². The molecular weight excluding hydrogens is 263 g/mol. The molecule has 1 aliphatic rings. The summed E-state index contributed by atoms with van der Waals surface area (Å²) in [7, 11) is 1.75. The molecule has 1 aliphatic carbocycles. The Hall–Kier alpha value is -1.31. The lowest BCUT2D eigenvalue weighted by Gasteiger charge is -2.23. The van der Waals surface area contributed by atoms with Crippen LogP contribution in [-0.4, -0.2) is 49.2 Å². The molecule has 110 valence electrons. The summed E-state index contributed by atoms with van der Waals surface area (Å²) in [5.41, 5.74) is 0. The molecule has 0 spiro atoms. The lowest BCUT2D eigenvalue weighted by atomic mass is 10.2. The number of nitrogens with zero attached hydrogens (tertiary/aromatic N) is 1. The van der Waals surface area contributed by atoms with Gasteiger partial charge in [-0.2, -0.15) is 13.2 Å². The average Bonchev–Trinajstić information content (AvgIpc) is 3.07. The summed E-state index contributed by atoms with van der Waals surface area (Å²) < 4.78 is 35.5. The van der Waals surface area contributed by atoms with Gasteiger partial charge in [-0.3, -0.25) is 15.0 Å². The molecule has 2 N–H and O–H groups in total. The Morgan fingerprint density at radius 3 is 2.42 bits per heavy atom. The minimum atomic E-state index is -4.49. The number of hydrogen-bond donors (Lipinski definition) is 2. The highest BCUT2D eigenvalue weighted by molar-refractivity contribution is 5.95. The van der Waals surface area contributed by atoms with Gasteiger partial charge in [-0.05, 0) is 32.7 Å². The Bertz CT molecular complexity index is 343. The van der Waals surface area contributed by atoms with Gasteiger partial charge >= 0.3 is 12.2 Å². The molecular formula is C11H18F3N3O2. The highest BCUT2D eigenvalue weighted by atomic mass is 19.4. The summed E-state index contributed by atoms with van der Waals surface area (Å²) in [5, 5.41) is 3.44. The van der Waals surface area contributed by atoms with Crippen LogP contribution in [0, 0.1) is 5.92 Å². The highest BCUT2D eigenvalue weighted by Crippen LogP contribution is 2.34. The van der Waals surface area contributed by atoms with Gasteiger partial charge in [0.1, 0.15) is 6.54 Å². The number of carbonyl (C=O) groups excluding carboxylic acids is 2. The Kier molecular flexibility index (Phi) is 5.16. The van der Waals surface area contributed by atoms with E-state index in [0.29, 0.717) is 5.92 Å². The molecule has 0 heterocycles. The minimum absolute atomic E-state index is 0.0168. The van der Waals surface area contributed by atoms with Gasteiger partial charge in [-0.15, -0.1) is 0 Å². The fraction of sp³-hybridized carbons (Fsp3) is 0.818. The first-order chi connectivity index (χ1) is 8.69. The molecule has 8 heteroatoms. The molecule has 0 radical (unpaired) electrons. The fourth-order valence-electron chi connectivity index (χ4n) is 1.70. The van der Waals surface area contributed by atoms with E-state index in [1.54, 1.807) is 17.3 Å². The topological polar surface area (TPSA) is 61.4 Å². The normalized spacial score (nSPS) is 17.2. The van der Waals surface area contributed by atoms with Crippen molar-refractivity contribution in [2.45, 2.75) is 32.0 Å². The van der Waals surface area contributed by atoms with Crippen molar-refractivity contribution in [2.75, 3.05) is 20.1 Å². The van der Waals surface area contributed by atoms with E-state index in [9.17, 15) is 22.8 Å². The Balaban J connectivity index is 2.24. The fourth-order valence-corrected chi connectivity index (χ4v) is 1.70. The first-order valence-corrected chi connectivity index (χ1v) is 6.03. The third kappa shape index (κ3) is 6.42. The maximum absolute atomic E-state index is 11.8. The number of likely N-dealkylation sites (N-methyl/N-ethyl adjacent to an activating group) is 1. The van der Waals surface area contributed by atoms with E-state index in [-0.39, 0.29) is 12.6 Å². The summed E-state index contributed by atoms with van der Waals surface area (Å²) >= 11 is 0. The zero-order valence-electron chi connectivity index (χ0n) is 10.9. The number of rotatable bonds is 5. The first-order valence-electron chi connectivity index (χ1n) is 6.03. The van der Waals surface area contributed by atoms with Gasteiger partial charge < -0.3 is 5.32 Å². The van der Waals surface area contributed by atoms with Gasteiger partial charge in [0.15, 0.2) is 0 Å². The second-order valence-corrected chi connectivity index (χ2v) is 4.84. The van der Waals surface area contributed by atoms with Crippen LogP contribution < -0.4 is 10.6 Å². The molecule has 0 aliphatic heterocycles. The minimum Gasteiger partial charge on any atom is -0.329 e. The largest absolute Gasteiger partial charge is 0.405 e. The molecule has 0 bridgehead atoms.